The summed E-state index contributed by atoms with van der Waals surface area (Å²) in [6, 6.07) is 0.305. The molecule has 0 fully saturated rings. The highest BCUT2D eigenvalue weighted by Gasteiger charge is 2.53. The third-order valence-electron chi connectivity index (χ3n) is 4.47. The zero-order chi connectivity index (χ0) is 12.3. The standard InChI is InChI=1S/C15H13Br2N/c16-10-7-9-4-5-11(17)14-13(9)15(8-10)6-2-1-3-12(15)18-14/h2,4-6,8,13-14H,1,3,7H2. The van der Waals surface area contributed by atoms with Crippen molar-refractivity contribution in [1.29, 1.82) is 0 Å². The number of hydrogen-bond acceptors (Lipinski definition) is 1. The third-order valence-corrected chi connectivity index (χ3v) is 5.72. The predicted molar refractivity (Wildman–Crippen MR) is 82.2 cm³/mol. The molecule has 92 valence electrons. The van der Waals surface area contributed by atoms with Gasteiger partial charge in [0.25, 0.3) is 0 Å². The van der Waals surface area contributed by atoms with E-state index < -0.39 is 0 Å². The van der Waals surface area contributed by atoms with Crippen molar-refractivity contribution >= 4 is 37.6 Å². The molecule has 18 heavy (non-hydrogen) atoms. The molecule has 1 spiro atoms. The van der Waals surface area contributed by atoms with Crippen molar-refractivity contribution in [1.82, 2.24) is 0 Å². The molecular formula is C15H13Br2N. The van der Waals surface area contributed by atoms with Gasteiger partial charge in [0.2, 0.25) is 0 Å². The molecule has 3 unspecified atom stereocenters. The van der Waals surface area contributed by atoms with E-state index in [0.29, 0.717) is 12.0 Å². The minimum atomic E-state index is 0.0547. The first-order valence-corrected chi connectivity index (χ1v) is 7.97. The van der Waals surface area contributed by atoms with Gasteiger partial charge in [-0.1, -0.05) is 61.7 Å². The predicted octanol–water partition coefficient (Wildman–Crippen LogP) is 4.66. The van der Waals surface area contributed by atoms with Gasteiger partial charge in [-0.2, -0.15) is 0 Å². The molecule has 4 aliphatic rings. The molecule has 0 bridgehead atoms. The Bertz CT molecular complexity index is 579. The number of rotatable bonds is 0. The van der Waals surface area contributed by atoms with Gasteiger partial charge in [0.15, 0.2) is 0 Å². The zero-order valence-electron chi connectivity index (χ0n) is 9.87. The SMILES string of the molecule is BrC1=CC23C=CCCC2=NC2C(Br)=CC=C(C1)C23. The van der Waals surface area contributed by atoms with Gasteiger partial charge in [-0.25, -0.2) is 0 Å². The summed E-state index contributed by atoms with van der Waals surface area (Å²) in [4.78, 5) is 5.02. The Morgan fingerprint density at radius 1 is 1.28 bits per heavy atom. The van der Waals surface area contributed by atoms with Crippen molar-refractivity contribution in [2.24, 2.45) is 16.3 Å². The fraction of sp³-hybridized carbons (Fsp3) is 0.400. The Hall–Kier alpha value is -0.410. The lowest BCUT2D eigenvalue weighted by Crippen LogP contribution is -2.39. The van der Waals surface area contributed by atoms with Gasteiger partial charge < -0.3 is 0 Å². The molecule has 3 aliphatic carbocycles. The summed E-state index contributed by atoms with van der Waals surface area (Å²) in [7, 11) is 0. The molecule has 1 heterocycles. The van der Waals surface area contributed by atoms with Crippen LogP contribution < -0.4 is 0 Å². The molecule has 0 amide bonds. The van der Waals surface area contributed by atoms with Crippen molar-refractivity contribution in [2.75, 3.05) is 0 Å². The highest BCUT2D eigenvalue weighted by Crippen LogP contribution is 2.57. The maximum Gasteiger partial charge on any atom is 0.0893 e. The first kappa shape index (κ1) is 11.4. The van der Waals surface area contributed by atoms with E-state index in [1.54, 1.807) is 0 Å². The second kappa shape index (κ2) is 3.80. The molecule has 0 radical (unpaired) electrons. The Labute approximate surface area is 124 Å². The Kier molecular flexibility index (Phi) is 2.41. The van der Waals surface area contributed by atoms with Gasteiger partial charge in [0.05, 0.1) is 11.5 Å². The van der Waals surface area contributed by atoms with Gasteiger partial charge >= 0.3 is 0 Å². The van der Waals surface area contributed by atoms with Crippen LogP contribution in [0.4, 0.5) is 0 Å². The molecule has 0 aromatic carbocycles. The van der Waals surface area contributed by atoms with Crippen molar-refractivity contribution in [3.05, 3.63) is 44.9 Å². The molecule has 3 atom stereocenters. The van der Waals surface area contributed by atoms with E-state index >= 15 is 0 Å². The quantitative estimate of drug-likeness (QED) is 0.552. The van der Waals surface area contributed by atoms with Crippen LogP contribution in [0.5, 0.6) is 0 Å². The second-order valence-electron chi connectivity index (χ2n) is 5.43. The summed E-state index contributed by atoms with van der Waals surface area (Å²) < 4.78 is 2.54. The summed E-state index contributed by atoms with van der Waals surface area (Å²) >= 11 is 7.42. The molecule has 0 saturated heterocycles. The molecule has 1 nitrogen and oxygen atoms in total. The number of nitrogens with zero attached hydrogens (tertiary/aromatic N) is 1. The molecule has 1 aliphatic heterocycles. The fourth-order valence-electron chi connectivity index (χ4n) is 3.79. The summed E-state index contributed by atoms with van der Waals surface area (Å²) in [6.07, 6.45) is 14.8. The topological polar surface area (TPSA) is 12.4 Å². The highest BCUT2D eigenvalue weighted by molar-refractivity contribution is 9.12. The molecule has 0 saturated carbocycles. The van der Waals surface area contributed by atoms with Crippen LogP contribution >= 0.6 is 31.9 Å². The Balaban J connectivity index is 1.98. The van der Waals surface area contributed by atoms with Gasteiger partial charge in [-0.3, -0.25) is 4.99 Å². The van der Waals surface area contributed by atoms with Crippen LogP contribution in [0, 0.1) is 11.3 Å². The van der Waals surface area contributed by atoms with Crippen LogP contribution in [0.3, 0.4) is 0 Å². The number of halogens is 2. The smallest absolute Gasteiger partial charge is 0.0893 e. The Morgan fingerprint density at radius 2 is 2.17 bits per heavy atom. The monoisotopic (exact) mass is 365 g/mol. The van der Waals surface area contributed by atoms with E-state index in [4.69, 9.17) is 4.99 Å². The minimum Gasteiger partial charge on any atom is -0.284 e. The van der Waals surface area contributed by atoms with Crippen molar-refractivity contribution in [2.45, 2.75) is 25.3 Å². The van der Waals surface area contributed by atoms with E-state index in [2.05, 4.69) is 62.2 Å². The Morgan fingerprint density at radius 3 is 3.06 bits per heavy atom. The number of aliphatic imine (C=N–C) groups is 1. The van der Waals surface area contributed by atoms with Gasteiger partial charge in [-0.05, 0) is 23.4 Å². The maximum absolute atomic E-state index is 5.02. The van der Waals surface area contributed by atoms with E-state index in [-0.39, 0.29) is 5.41 Å². The van der Waals surface area contributed by atoms with Crippen molar-refractivity contribution < 1.29 is 0 Å². The summed E-state index contributed by atoms with van der Waals surface area (Å²) in [5, 5.41) is 0. The molecule has 4 rings (SSSR count). The van der Waals surface area contributed by atoms with E-state index in [1.807, 2.05) is 0 Å². The summed E-state index contributed by atoms with van der Waals surface area (Å²) in [5.41, 5.74) is 2.94. The highest BCUT2D eigenvalue weighted by atomic mass is 79.9. The minimum absolute atomic E-state index is 0.0547. The lowest BCUT2D eigenvalue weighted by Gasteiger charge is -2.41. The number of allylic oxidation sites excluding steroid dienone is 6. The third kappa shape index (κ3) is 1.35. The number of hydrogen-bond donors (Lipinski definition) is 0. The maximum atomic E-state index is 5.02. The van der Waals surface area contributed by atoms with Crippen LogP contribution in [-0.2, 0) is 0 Å². The molecule has 0 aromatic rings. The van der Waals surface area contributed by atoms with Crippen molar-refractivity contribution in [3.8, 4) is 0 Å². The largest absolute Gasteiger partial charge is 0.284 e. The van der Waals surface area contributed by atoms with Crippen LogP contribution in [-0.4, -0.2) is 11.8 Å². The first-order valence-electron chi connectivity index (χ1n) is 6.39. The average Bonchev–Trinajstić information content (AvgIpc) is 2.69. The normalized spacial score (nSPS) is 40.3. The molecule has 0 N–H and O–H groups in total. The molecule has 3 heteroatoms. The lowest BCUT2D eigenvalue weighted by molar-refractivity contribution is 0.417. The lowest BCUT2D eigenvalue weighted by atomic mass is 9.61. The van der Waals surface area contributed by atoms with Crippen LogP contribution in [0.25, 0.3) is 0 Å². The van der Waals surface area contributed by atoms with Gasteiger partial charge in [0.1, 0.15) is 0 Å². The van der Waals surface area contributed by atoms with E-state index in [9.17, 15) is 0 Å². The van der Waals surface area contributed by atoms with Crippen LogP contribution in [0.15, 0.2) is 49.9 Å². The summed E-state index contributed by atoms with van der Waals surface area (Å²) in [5.74, 6) is 0.504. The van der Waals surface area contributed by atoms with Gasteiger partial charge in [-0.15, -0.1) is 0 Å². The second-order valence-corrected chi connectivity index (χ2v) is 7.37. The van der Waals surface area contributed by atoms with E-state index in [0.717, 1.165) is 19.3 Å². The molecule has 0 aromatic heterocycles. The van der Waals surface area contributed by atoms with Crippen molar-refractivity contribution in [3.63, 3.8) is 0 Å². The zero-order valence-corrected chi connectivity index (χ0v) is 13.0. The van der Waals surface area contributed by atoms with Gasteiger partial charge in [0, 0.05) is 22.5 Å². The van der Waals surface area contributed by atoms with E-state index in [1.165, 1.54) is 20.2 Å². The summed E-state index contributed by atoms with van der Waals surface area (Å²) in [6.45, 7) is 0. The fourth-order valence-corrected chi connectivity index (χ4v) is 4.99. The van der Waals surface area contributed by atoms with Crippen LogP contribution in [0.1, 0.15) is 19.3 Å². The average molecular weight is 367 g/mol. The van der Waals surface area contributed by atoms with Crippen LogP contribution in [0.2, 0.25) is 0 Å². The molecular weight excluding hydrogens is 354 g/mol. The first-order chi connectivity index (χ1) is 8.71.